The van der Waals surface area contributed by atoms with Crippen LogP contribution < -0.4 is 10.6 Å². The highest BCUT2D eigenvalue weighted by atomic mass is 35.5. The molecule has 0 radical (unpaired) electrons. The summed E-state index contributed by atoms with van der Waals surface area (Å²) in [6.45, 7) is 5.77. The number of carbonyl (C=O) groups excluding carboxylic acids is 2. The monoisotopic (exact) mass is 463 g/mol. The fraction of sp³-hybridized carbons (Fsp3) is 0.167. The Kier molecular flexibility index (Phi) is 6.97. The quantitative estimate of drug-likeness (QED) is 0.533. The molecule has 1 aliphatic heterocycles. The molecule has 3 aromatic rings. The third kappa shape index (κ3) is 5.54. The average Bonchev–Trinajstić information content (AvgIpc) is 2.86. The number of benzene rings is 2. The topological polar surface area (TPSA) is 96.5 Å². The van der Waals surface area contributed by atoms with Crippen molar-refractivity contribution in [3.63, 3.8) is 0 Å². The molecule has 2 heterocycles. The summed E-state index contributed by atoms with van der Waals surface area (Å²) in [5.74, 6) is 0.0272. The van der Waals surface area contributed by atoms with Crippen LogP contribution in [0.15, 0.2) is 67.4 Å². The van der Waals surface area contributed by atoms with Gasteiger partial charge in [-0.1, -0.05) is 30.3 Å². The van der Waals surface area contributed by atoms with Gasteiger partial charge in [0.1, 0.15) is 0 Å². The molecule has 4 rings (SSSR count). The summed E-state index contributed by atoms with van der Waals surface area (Å²) in [6.07, 6.45) is 2.71. The zero-order chi connectivity index (χ0) is 23.2. The maximum Gasteiger partial charge on any atom is 0.254 e. The van der Waals surface area contributed by atoms with Crippen LogP contribution in [0.1, 0.15) is 10.4 Å². The number of morpholine rings is 1. The highest BCUT2D eigenvalue weighted by molar-refractivity contribution is 6.33. The molecule has 0 saturated carbocycles. The van der Waals surface area contributed by atoms with Gasteiger partial charge in [-0.25, -0.2) is 9.97 Å². The number of halogens is 1. The van der Waals surface area contributed by atoms with E-state index in [4.69, 9.17) is 16.3 Å². The standard InChI is InChI=1S/C24H22ClN5O3/c1-2-21(31)27-19-5-3-4-17(14-19)22-20(25)15-26-24(29-22)28-18-8-6-16(7-9-18)23(32)30-10-12-33-13-11-30/h2-9,14-15H,1,10-13H2,(H,27,31)(H,26,28,29). The first kappa shape index (κ1) is 22.4. The molecule has 0 bridgehead atoms. The smallest absolute Gasteiger partial charge is 0.254 e. The van der Waals surface area contributed by atoms with Gasteiger partial charge in [0.15, 0.2) is 0 Å². The Morgan fingerprint density at radius 2 is 1.85 bits per heavy atom. The number of rotatable bonds is 6. The number of ether oxygens (including phenoxy) is 1. The first-order chi connectivity index (χ1) is 16.0. The Morgan fingerprint density at radius 1 is 1.09 bits per heavy atom. The van der Waals surface area contributed by atoms with Gasteiger partial charge in [0.25, 0.3) is 5.91 Å². The predicted molar refractivity (Wildman–Crippen MR) is 128 cm³/mol. The molecular formula is C24H22ClN5O3. The van der Waals surface area contributed by atoms with Crippen molar-refractivity contribution in [3.8, 4) is 11.3 Å². The molecule has 0 spiro atoms. The van der Waals surface area contributed by atoms with E-state index in [1.807, 2.05) is 6.07 Å². The summed E-state index contributed by atoms with van der Waals surface area (Å²) < 4.78 is 5.30. The molecule has 8 nitrogen and oxygen atoms in total. The molecule has 1 fully saturated rings. The van der Waals surface area contributed by atoms with Crippen LogP contribution in [0, 0.1) is 0 Å². The van der Waals surface area contributed by atoms with Crippen LogP contribution in [0.25, 0.3) is 11.3 Å². The fourth-order valence-corrected chi connectivity index (χ4v) is 3.54. The van der Waals surface area contributed by atoms with Crippen LogP contribution in [-0.2, 0) is 9.53 Å². The first-order valence-electron chi connectivity index (χ1n) is 10.3. The summed E-state index contributed by atoms with van der Waals surface area (Å²) >= 11 is 6.34. The highest BCUT2D eigenvalue weighted by Crippen LogP contribution is 2.29. The highest BCUT2D eigenvalue weighted by Gasteiger charge is 2.18. The van der Waals surface area contributed by atoms with Crippen LogP contribution >= 0.6 is 11.6 Å². The van der Waals surface area contributed by atoms with Crippen molar-refractivity contribution in [1.29, 1.82) is 0 Å². The van der Waals surface area contributed by atoms with Crippen molar-refractivity contribution in [1.82, 2.24) is 14.9 Å². The van der Waals surface area contributed by atoms with E-state index in [1.54, 1.807) is 47.4 Å². The van der Waals surface area contributed by atoms with Gasteiger partial charge in [-0.15, -0.1) is 0 Å². The van der Waals surface area contributed by atoms with Gasteiger partial charge in [0.2, 0.25) is 11.9 Å². The number of nitrogens with one attached hydrogen (secondary N) is 2. The lowest BCUT2D eigenvalue weighted by molar-refractivity contribution is -0.111. The van der Waals surface area contributed by atoms with E-state index >= 15 is 0 Å². The molecule has 2 N–H and O–H groups in total. The minimum atomic E-state index is -0.307. The lowest BCUT2D eigenvalue weighted by atomic mass is 10.1. The van der Waals surface area contributed by atoms with Crippen molar-refractivity contribution in [3.05, 3.63) is 78.0 Å². The maximum atomic E-state index is 12.6. The predicted octanol–water partition coefficient (Wildman–Crippen LogP) is 4.14. The lowest BCUT2D eigenvalue weighted by Crippen LogP contribution is -2.40. The van der Waals surface area contributed by atoms with E-state index < -0.39 is 0 Å². The van der Waals surface area contributed by atoms with Gasteiger partial charge in [-0.3, -0.25) is 9.59 Å². The van der Waals surface area contributed by atoms with Gasteiger partial charge < -0.3 is 20.3 Å². The molecule has 2 aromatic carbocycles. The largest absolute Gasteiger partial charge is 0.378 e. The average molecular weight is 464 g/mol. The summed E-state index contributed by atoms with van der Waals surface area (Å²) in [7, 11) is 0. The van der Waals surface area contributed by atoms with Gasteiger partial charge in [-0.2, -0.15) is 0 Å². The number of carbonyl (C=O) groups is 2. The van der Waals surface area contributed by atoms with Crippen LogP contribution in [0.5, 0.6) is 0 Å². The SMILES string of the molecule is C=CC(=O)Nc1cccc(-c2nc(Nc3ccc(C(=O)N4CCOCC4)cc3)ncc2Cl)c1. The molecule has 1 aromatic heterocycles. The molecule has 168 valence electrons. The molecular weight excluding hydrogens is 442 g/mol. The third-order valence-corrected chi connectivity index (χ3v) is 5.30. The molecule has 1 aliphatic rings. The van der Waals surface area contributed by atoms with E-state index in [-0.39, 0.29) is 11.8 Å². The summed E-state index contributed by atoms with van der Waals surface area (Å²) in [5.41, 5.74) is 3.18. The number of anilines is 3. The lowest BCUT2D eigenvalue weighted by Gasteiger charge is -2.26. The molecule has 9 heteroatoms. The summed E-state index contributed by atoms with van der Waals surface area (Å²) in [6, 6.07) is 14.3. The molecule has 1 saturated heterocycles. The second-order valence-electron chi connectivity index (χ2n) is 7.27. The van der Waals surface area contributed by atoms with Gasteiger partial charge in [-0.05, 0) is 42.5 Å². The summed E-state index contributed by atoms with van der Waals surface area (Å²) in [4.78, 5) is 34.8. The Hall–Kier alpha value is -3.75. The Morgan fingerprint density at radius 3 is 2.58 bits per heavy atom. The second kappa shape index (κ2) is 10.2. The van der Waals surface area contributed by atoms with Crippen molar-refractivity contribution in [2.24, 2.45) is 0 Å². The third-order valence-electron chi connectivity index (χ3n) is 5.02. The minimum absolute atomic E-state index is 0.0155. The van der Waals surface area contributed by atoms with Crippen LogP contribution in [0.2, 0.25) is 5.02 Å². The van der Waals surface area contributed by atoms with Crippen LogP contribution in [-0.4, -0.2) is 53.0 Å². The van der Waals surface area contributed by atoms with Crippen molar-refractivity contribution >= 4 is 40.7 Å². The maximum absolute atomic E-state index is 12.6. The zero-order valence-electron chi connectivity index (χ0n) is 17.8. The molecule has 2 amide bonds. The van der Waals surface area contributed by atoms with E-state index in [0.717, 1.165) is 11.3 Å². The number of nitrogens with zero attached hydrogens (tertiary/aromatic N) is 3. The van der Waals surface area contributed by atoms with E-state index in [2.05, 4.69) is 27.2 Å². The molecule has 33 heavy (non-hydrogen) atoms. The number of hydrogen-bond acceptors (Lipinski definition) is 6. The Bertz CT molecular complexity index is 1180. The van der Waals surface area contributed by atoms with Gasteiger partial charge in [0, 0.05) is 35.6 Å². The molecule has 0 atom stereocenters. The van der Waals surface area contributed by atoms with Gasteiger partial charge >= 0.3 is 0 Å². The first-order valence-corrected chi connectivity index (χ1v) is 10.7. The van der Waals surface area contributed by atoms with Crippen molar-refractivity contribution < 1.29 is 14.3 Å². The van der Waals surface area contributed by atoms with Crippen LogP contribution in [0.4, 0.5) is 17.3 Å². The Balaban J connectivity index is 1.50. The van der Waals surface area contributed by atoms with Crippen molar-refractivity contribution in [2.45, 2.75) is 0 Å². The van der Waals surface area contributed by atoms with E-state index in [9.17, 15) is 9.59 Å². The van der Waals surface area contributed by atoms with E-state index in [1.165, 1.54) is 12.3 Å². The number of aromatic nitrogens is 2. The normalized spacial score (nSPS) is 13.3. The van der Waals surface area contributed by atoms with Gasteiger partial charge in [0.05, 0.1) is 30.1 Å². The number of hydrogen-bond donors (Lipinski definition) is 2. The van der Waals surface area contributed by atoms with Crippen LogP contribution in [0.3, 0.4) is 0 Å². The fourth-order valence-electron chi connectivity index (χ4n) is 3.34. The Labute approximate surface area is 196 Å². The second-order valence-corrected chi connectivity index (χ2v) is 7.68. The molecule has 0 unspecified atom stereocenters. The molecule has 0 aliphatic carbocycles. The zero-order valence-corrected chi connectivity index (χ0v) is 18.5. The summed E-state index contributed by atoms with van der Waals surface area (Å²) in [5, 5.41) is 6.23. The van der Waals surface area contributed by atoms with Crippen molar-refractivity contribution in [2.75, 3.05) is 36.9 Å². The minimum Gasteiger partial charge on any atom is -0.378 e. The van der Waals surface area contributed by atoms with E-state index in [0.29, 0.717) is 54.2 Å². The number of amides is 2.